The van der Waals surface area contributed by atoms with E-state index in [-0.39, 0.29) is 0 Å². The van der Waals surface area contributed by atoms with Crippen LogP contribution in [0.4, 0.5) is 0 Å². The van der Waals surface area contributed by atoms with Crippen molar-refractivity contribution in [1.29, 1.82) is 5.26 Å². The first-order valence-corrected chi connectivity index (χ1v) is 3.27. The van der Waals surface area contributed by atoms with Crippen LogP contribution in [0.15, 0.2) is 23.7 Å². The fraction of sp³-hybridized carbons (Fsp3) is 0. The molecule has 8 heavy (non-hydrogen) atoms. The summed E-state index contributed by atoms with van der Waals surface area (Å²) < 4.78 is 0. The molecule has 0 aromatic carbocycles. The fourth-order valence-corrected chi connectivity index (χ4v) is 1.00. The summed E-state index contributed by atoms with van der Waals surface area (Å²) in [7, 11) is 1.11. The topological polar surface area (TPSA) is 23.8 Å². The summed E-state index contributed by atoms with van der Waals surface area (Å²) in [6, 6.07) is 5.74. The molecule has 0 spiro atoms. The molecule has 0 aliphatic carbocycles. The van der Waals surface area contributed by atoms with Crippen LogP contribution in [0.5, 0.6) is 0 Å². The van der Waals surface area contributed by atoms with E-state index < -0.39 is 0 Å². The van der Waals surface area contributed by atoms with Crippen LogP contribution in [0.25, 0.3) is 0 Å². The molecule has 0 radical (unpaired) electrons. The Bertz CT molecular complexity index is 200. The van der Waals surface area contributed by atoms with Crippen LogP contribution in [0.2, 0.25) is 0 Å². The highest BCUT2D eigenvalue weighted by molar-refractivity contribution is 7.28. The first-order valence-electron chi connectivity index (χ1n) is 2.23. The zero-order valence-corrected chi connectivity index (χ0v) is 5.10. The van der Waals surface area contributed by atoms with Crippen molar-refractivity contribution in [1.82, 2.24) is 0 Å². The molecule has 0 atom stereocenters. The summed E-state index contributed by atoms with van der Waals surface area (Å²) in [5.74, 6) is 3.86. The summed E-state index contributed by atoms with van der Waals surface area (Å²) in [4.78, 5) is 0. The Morgan fingerprint density at radius 2 is 2.50 bits per heavy atom. The smallest absolute Gasteiger partial charge is 0.0995 e. The fourth-order valence-electron chi connectivity index (χ4n) is 0.429. The van der Waals surface area contributed by atoms with Crippen LogP contribution in [0.3, 0.4) is 0 Å². The van der Waals surface area contributed by atoms with Crippen molar-refractivity contribution in [2.24, 2.45) is 0 Å². The largest absolute Gasteiger partial charge is 0.192 e. The standard InChI is InChI=1S/C6H4NP/c7-4-6-2-1-3-8-5-6/h1-3,5H. The Hall–Kier alpha value is -0.860. The number of rotatable bonds is 0. The predicted molar refractivity (Wildman–Crippen MR) is 33.7 cm³/mol. The average molecular weight is 121 g/mol. The third kappa shape index (κ3) is 1.05. The first kappa shape index (κ1) is 5.28. The lowest BCUT2D eigenvalue weighted by Gasteiger charge is -1.79. The molecule has 1 aromatic rings. The van der Waals surface area contributed by atoms with Crippen molar-refractivity contribution in [3.8, 4) is 6.07 Å². The number of hydrogen-bond acceptors (Lipinski definition) is 1. The molecule has 1 heterocycles. The van der Waals surface area contributed by atoms with E-state index in [0.29, 0.717) is 0 Å². The van der Waals surface area contributed by atoms with Gasteiger partial charge in [0.15, 0.2) is 0 Å². The predicted octanol–water partition coefficient (Wildman–Crippen LogP) is 2.14. The van der Waals surface area contributed by atoms with Crippen molar-refractivity contribution in [3.63, 3.8) is 0 Å². The molecule has 1 rings (SSSR count). The van der Waals surface area contributed by atoms with Gasteiger partial charge in [-0.1, -0.05) is 14.3 Å². The molecule has 0 fully saturated rings. The lowest BCUT2D eigenvalue weighted by molar-refractivity contribution is 1.50. The van der Waals surface area contributed by atoms with Gasteiger partial charge in [-0.15, -0.1) is 0 Å². The summed E-state index contributed by atoms with van der Waals surface area (Å²) in [6.45, 7) is 0. The minimum atomic E-state index is 0.758. The minimum Gasteiger partial charge on any atom is -0.192 e. The van der Waals surface area contributed by atoms with Crippen molar-refractivity contribution in [2.75, 3.05) is 0 Å². The summed E-state index contributed by atoms with van der Waals surface area (Å²) in [6.07, 6.45) is 0. The first-order chi connectivity index (χ1) is 3.93. The van der Waals surface area contributed by atoms with Gasteiger partial charge in [0.1, 0.15) is 0 Å². The summed E-state index contributed by atoms with van der Waals surface area (Å²) in [5, 5.41) is 8.30. The van der Waals surface area contributed by atoms with Crippen LogP contribution >= 0.6 is 8.19 Å². The van der Waals surface area contributed by atoms with Gasteiger partial charge in [-0.05, 0) is 17.7 Å². The molecule has 0 bridgehead atoms. The molecule has 0 saturated carbocycles. The van der Waals surface area contributed by atoms with Gasteiger partial charge in [0, 0.05) is 0 Å². The van der Waals surface area contributed by atoms with E-state index in [9.17, 15) is 0 Å². The van der Waals surface area contributed by atoms with Gasteiger partial charge in [0.2, 0.25) is 0 Å². The maximum Gasteiger partial charge on any atom is 0.0995 e. The molecule has 0 aliphatic heterocycles. The Morgan fingerprint density at radius 1 is 1.62 bits per heavy atom. The van der Waals surface area contributed by atoms with Gasteiger partial charge >= 0.3 is 0 Å². The van der Waals surface area contributed by atoms with E-state index in [2.05, 4.69) is 6.07 Å². The molecular weight excluding hydrogens is 117 g/mol. The number of nitrogens with zero attached hydrogens (tertiary/aromatic N) is 1. The Balaban J connectivity index is 3.05. The van der Waals surface area contributed by atoms with E-state index in [1.165, 1.54) is 0 Å². The Kier molecular flexibility index (Phi) is 1.62. The lowest BCUT2D eigenvalue weighted by atomic mass is 10.4. The van der Waals surface area contributed by atoms with Crippen molar-refractivity contribution >= 4 is 8.19 Å². The van der Waals surface area contributed by atoms with E-state index in [0.717, 1.165) is 13.8 Å². The SMILES string of the molecule is N#Cc1cccpc1. The molecule has 0 amide bonds. The minimum absolute atomic E-state index is 0.758. The monoisotopic (exact) mass is 121 g/mol. The maximum atomic E-state index is 8.30. The Labute approximate surface area is 49.7 Å². The molecule has 0 N–H and O–H groups in total. The van der Waals surface area contributed by atoms with Crippen molar-refractivity contribution in [3.05, 3.63) is 29.3 Å². The zero-order chi connectivity index (χ0) is 5.82. The molecule has 0 aliphatic rings. The highest BCUT2D eigenvalue weighted by Gasteiger charge is 1.80. The average Bonchev–Trinajstić information content (AvgIpc) is 1.90. The van der Waals surface area contributed by atoms with Gasteiger partial charge in [-0.3, -0.25) is 0 Å². The van der Waals surface area contributed by atoms with Crippen LogP contribution < -0.4 is 0 Å². The van der Waals surface area contributed by atoms with E-state index >= 15 is 0 Å². The van der Waals surface area contributed by atoms with Gasteiger partial charge in [-0.25, -0.2) is 0 Å². The molecule has 38 valence electrons. The van der Waals surface area contributed by atoms with Gasteiger partial charge < -0.3 is 0 Å². The second kappa shape index (κ2) is 2.45. The Morgan fingerprint density at radius 3 is 2.88 bits per heavy atom. The van der Waals surface area contributed by atoms with Crippen LogP contribution in [0.1, 0.15) is 5.56 Å². The number of hydrogen-bond donors (Lipinski definition) is 0. The quantitative estimate of drug-likeness (QED) is 0.515. The highest BCUT2D eigenvalue weighted by Crippen LogP contribution is 2.05. The van der Waals surface area contributed by atoms with Gasteiger partial charge in [0.05, 0.1) is 11.6 Å². The van der Waals surface area contributed by atoms with Crippen LogP contribution in [-0.4, -0.2) is 0 Å². The van der Waals surface area contributed by atoms with Crippen molar-refractivity contribution in [2.45, 2.75) is 0 Å². The van der Waals surface area contributed by atoms with Crippen molar-refractivity contribution < 1.29 is 0 Å². The maximum absolute atomic E-state index is 8.30. The molecule has 1 nitrogen and oxygen atoms in total. The van der Waals surface area contributed by atoms with Gasteiger partial charge in [-0.2, -0.15) is 5.26 Å². The van der Waals surface area contributed by atoms with Crippen LogP contribution in [-0.2, 0) is 0 Å². The van der Waals surface area contributed by atoms with E-state index in [1.54, 1.807) is 6.07 Å². The lowest BCUT2D eigenvalue weighted by Crippen LogP contribution is -1.62. The highest BCUT2D eigenvalue weighted by atomic mass is 31.0. The molecule has 1 aromatic heterocycles. The molecule has 2 heteroatoms. The summed E-state index contributed by atoms with van der Waals surface area (Å²) >= 11 is 0. The third-order valence-corrected chi connectivity index (χ3v) is 1.56. The third-order valence-electron chi connectivity index (χ3n) is 0.791. The van der Waals surface area contributed by atoms with Crippen LogP contribution in [0, 0.1) is 11.3 Å². The normalized spacial score (nSPS) is 8.88. The molecule has 0 unspecified atom stereocenters. The molecular formula is C6H4NP. The van der Waals surface area contributed by atoms with E-state index in [4.69, 9.17) is 5.26 Å². The summed E-state index contributed by atoms with van der Waals surface area (Å²) in [5.41, 5.74) is 0.758. The second-order valence-corrected chi connectivity index (χ2v) is 2.21. The van der Waals surface area contributed by atoms with Gasteiger partial charge in [0.25, 0.3) is 0 Å². The molecule has 0 saturated heterocycles. The number of nitriles is 1. The van der Waals surface area contributed by atoms with E-state index in [1.807, 2.05) is 17.7 Å². The zero-order valence-electron chi connectivity index (χ0n) is 4.20. The second-order valence-electron chi connectivity index (χ2n) is 1.35.